The lowest BCUT2D eigenvalue weighted by Crippen LogP contribution is -2.26. The van der Waals surface area contributed by atoms with Crippen LogP contribution in [0.5, 0.6) is 0 Å². The van der Waals surface area contributed by atoms with Gasteiger partial charge in [0.05, 0.1) is 6.04 Å². The third kappa shape index (κ3) is 2.81. The monoisotopic (exact) mass is 263 g/mol. The minimum absolute atomic E-state index is 0.165. The number of nitrogens with zero attached hydrogens (tertiary/aromatic N) is 2. The second kappa shape index (κ2) is 4.74. The summed E-state index contributed by atoms with van der Waals surface area (Å²) in [4.78, 5) is 4.31. The number of hydrogen-bond donors (Lipinski definition) is 1. The van der Waals surface area contributed by atoms with E-state index < -0.39 is 0 Å². The second-order valence-electron chi connectivity index (χ2n) is 5.76. The summed E-state index contributed by atoms with van der Waals surface area (Å²) in [5.74, 6) is 0.551. The fourth-order valence-corrected chi connectivity index (χ4v) is 1.72. The zero-order valence-electron chi connectivity index (χ0n) is 11.6. The van der Waals surface area contributed by atoms with Gasteiger partial charge >= 0.3 is 0 Å². The Morgan fingerprint density at radius 2 is 2.00 bits per heavy atom. The maximum absolute atomic E-state index is 13.1. The van der Waals surface area contributed by atoms with Crippen LogP contribution in [-0.4, -0.2) is 10.1 Å². The van der Waals surface area contributed by atoms with Crippen molar-refractivity contribution >= 4 is 0 Å². The number of aromatic nitrogens is 2. The molecule has 0 radical (unpaired) electrons. The summed E-state index contributed by atoms with van der Waals surface area (Å²) < 4.78 is 18.3. The topological polar surface area (TPSA) is 64.9 Å². The molecule has 5 heteroatoms. The molecule has 4 nitrogen and oxygen atoms in total. The lowest BCUT2D eigenvalue weighted by atomic mass is 9.87. The van der Waals surface area contributed by atoms with Crippen LogP contribution in [0.15, 0.2) is 22.7 Å². The molecule has 0 bridgehead atoms. The van der Waals surface area contributed by atoms with Gasteiger partial charge in [-0.15, -0.1) is 0 Å². The molecular weight excluding hydrogens is 245 g/mol. The molecule has 1 aromatic carbocycles. The molecule has 2 rings (SSSR count). The molecule has 0 saturated carbocycles. The Morgan fingerprint density at radius 1 is 1.32 bits per heavy atom. The first kappa shape index (κ1) is 13.7. The van der Waals surface area contributed by atoms with Crippen molar-refractivity contribution in [1.82, 2.24) is 10.1 Å². The van der Waals surface area contributed by atoms with Crippen LogP contribution in [0.25, 0.3) is 11.4 Å². The molecule has 2 aromatic rings. The van der Waals surface area contributed by atoms with Gasteiger partial charge in [0, 0.05) is 5.56 Å². The highest BCUT2D eigenvalue weighted by atomic mass is 19.1. The van der Waals surface area contributed by atoms with Gasteiger partial charge in [-0.2, -0.15) is 4.98 Å². The molecule has 102 valence electrons. The molecule has 0 aliphatic rings. The van der Waals surface area contributed by atoms with E-state index in [4.69, 9.17) is 10.3 Å². The highest BCUT2D eigenvalue weighted by Gasteiger charge is 2.27. The van der Waals surface area contributed by atoms with Gasteiger partial charge < -0.3 is 10.3 Å². The van der Waals surface area contributed by atoms with Gasteiger partial charge in [-0.1, -0.05) is 25.9 Å². The van der Waals surface area contributed by atoms with Crippen LogP contribution in [0.4, 0.5) is 4.39 Å². The molecule has 1 atom stereocenters. The standard InChI is InChI=1S/C14H18FN3O/c1-8-7-9(15)5-6-10(8)12-17-13(19-18-12)11(16)14(2,3)4/h5-7,11H,16H2,1-4H3. The third-order valence-corrected chi connectivity index (χ3v) is 3.07. The Hall–Kier alpha value is -1.75. The van der Waals surface area contributed by atoms with Gasteiger partial charge in [-0.3, -0.25) is 0 Å². The Labute approximate surface area is 111 Å². The van der Waals surface area contributed by atoms with Gasteiger partial charge in [0.2, 0.25) is 11.7 Å². The molecule has 1 heterocycles. The first-order valence-corrected chi connectivity index (χ1v) is 6.15. The van der Waals surface area contributed by atoms with Gasteiger partial charge in [-0.25, -0.2) is 4.39 Å². The highest BCUT2D eigenvalue weighted by Crippen LogP contribution is 2.31. The SMILES string of the molecule is Cc1cc(F)ccc1-c1noc(C(N)C(C)(C)C)n1. The number of rotatable bonds is 2. The van der Waals surface area contributed by atoms with Crippen molar-refractivity contribution in [3.8, 4) is 11.4 Å². The number of aryl methyl sites for hydroxylation is 1. The second-order valence-corrected chi connectivity index (χ2v) is 5.76. The fourth-order valence-electron chi connectivity index (χ4n) is 1.72. The normalized spacial score (nSPS) is 13.6. The van der Waals surface area contributed by atoms with Crippen LogP contribution in [0, 0.1) is 18.2 Å². The van der Waals surface area contributed by atoms with E-state index >= 15 is 0 Å². The number of hydrogen-bond acceptors (Lipinski definition) is 4. The maximum Gasteiger partial charge on any atom is 0.244 e. The molecule has 0 amide bonds. The Balaban J connectivity index is 2.36. The Bertz CT molecular complexity index is 587. The smallest absolute Gasteiger partial charge is 0.244 e. The summed E-state index contributed by atoms with van der Waals surface area (Å²) in [6.07, 6.45) is 0. The molecular formula is C14H18FN3O. The van der Waals surface area contributed by atoms with Crippen molar-refractivity contribution in [3.63, 3.8) is 0 Å². The summed E-state index contributed by atoms with van der Waals surface area (Å²) in [5.41, 5.74) is 7.41. The van der Waals surface area contributed by atoms with Crippen LogP contribution in [0.1, 0.15) is 38.3 Å². The number of halogens is 1. The minimum Gasteiger partial charge on any atom is -0.337 e. The largest absolute Gasteiger partial charge is 0.337 e. The lowest BCUT2D eigenvalue weighted by Gasteiger charge is -2.23. The first-order chi connectivity index (χ1) is 8.79. The fraction of sp³-hybridized carbons (Fsp3) is 0.429. The molecule has 2 N–H and O–H groups in total. The van der Waals surface area contributed by atoms with Crippen molar-refractivity contribution in [3.05, 3.63) is 35.5 Å². The predicted molar refractivity (Wildman–Crippen MR) is 70.8 cm³/mol. The maximum atomic E-state index is 13.1. The summed E-state index contributed by atoms with van der Waals surface area (Å²) in [7, 11) is 0. The van der Waals surface area contributed by atoms with Crippen molar-refractivity contribution in [2.45, 2.75) is 33.7 Å². The average molecular weight is 263 g/mol. The van der Waals surface area contributed by atoms with E-state index in [2.05, 4.69) is 10.1 Å². The average Bonchev–Trinajstić information content (AvgIpc) is 2.75. The highest BCUT2D eigenvalue weighted by molar-refractivity contribution is 5.59. The molecule has 1 unspecified atom stereocenters. The molecule has 1 aromatic heterocycles. The van der Waals surface area contributed by atoms with Gasteiger partial charge in [-0.05, 0) is 36.1 Å². The molecule has 0 aliphatic heterocycles. The van der Waals surface area contributed by atoms with Crippen LogP contribution >= 0.6 is 0 Å². The zero-order chi connectivity index (χ0) is 14.2. The Morgan fingerprint density at radius 3 is 2.58 bits per heavy atom. The summed E-state index contributed by atoms with van der Waals surface area (Å²) in [5, 5.41) is 3.92. The van der Waals surface area contributed by atoms with Crippen molar-refractivity contribution < 1.29 is 8.91 Å². The first-order valence-electron chi connectivity index (χ1n) is 6.15. The minimum atomic E-state index is -0.338. The predicted octanol–water partition coefficient (Wildman–Crippen LogP) is 3.23. The molecule has 0 aliphatic carbocycles. The quantitative estimate of drug-likeness (QED) is 0.903. The van der Waals surface area contributed by atoms with Gasteiger partial charge in [0.15, 0.2) is 0 Å². The van der Waals surface area contributed by atoms with Gasteiger partial charge in [0.25, 0.3) is 0 Å². The number of benzene rings is 1. The molecule has 19 heavy (non-hydrogen) atoms. The van der Waals surface area contributed by atoms with Gasteiger partial charge in [0.1, 0.15) is 5.82 Å². The lowest BCUT2D eigenvalue weighted by molar-refractivity contribution is 0.253. The van der Waals surface area contributed by atoms with E-state index in [0.717, 1.165) is 11.1 Å². The van der Waals surface area contributed by atoms with E-state index in [1.54, 1.807) is 13.0 Å². The third-order valence-electron chi connectivity index (χ3n) is 3.07. The summed E-state index contributed by atoms with van der Waals surface area (Å²) in [6.45, 7) is 7.82. The van der Waals surface area contributed by atoms with Crippen LogP contribution in [-0.2, 0) is 0 Å². The molecule has 0 saturated heterocycles. The van der Waals surface area contributed by atoms with E-state index in [0.29, 0.717) is 11.7 Å². The summed E-state index contributed by atoms with van der Waals surface area (Å²) in [6, 6.07) is 4.12. The van der Waals surface area contributed by atoms with E-state index in [1.165, 1.54) is 12.1 Å². The van der Waals surface area contributed by atoms with E-state index in [-0.39, 0.29) is 17.3 Å². The van der Waals surface area contributed by atoms with Crippen molar-refractivity contribution in [2.24, 2.45) is 11.1 Å². The van der Waals surface area contributed by atoms with Crippen LogP contribution in [0.2, 0.25) is 0 Å². The van der Waals surface area contributed by atoms with E-state index in [9.17, 15) is 4.39 Å². The summed E-state index contributed by atoms with van der Waals surface area (Å²) >= 11 is 0. The van der Waals surface area contributed by atoms with Crippen LogP contribution < -0.4 is 5.73 Å². The van der Waals surface area contributed by atoms with Crippen molar-refractivity contribution in [1.29, 1.82) is 0 Å². The van der Waals surface area contributed by atoms with Crippen LogP contribution in [0.3, 0.4) is 0 Å². The van der Waals surface area contributed by atoms with Crippen molar-refractivity contribution in [2.75, 3.05) is 0 Å². The molecule has 0 fully saturated rings. The number of nitrogens with two attached hydrogens (primary N) is 1. The molecule has 0 spiro atoms. The Kier molecular flexibility index (Phi) is 3.41. The van der Waals surface area contributed by atoms with E-state index in [1.807, 2.05) is 20.8 Å². The zero-order valence-corrected chi connectivity index (χ0v) is 11.6.